The molecule has 0 radical (unpaired) electrons. The molecule has 1 amide bonds. The number of nitrogens with zero attached hydrogens (tertiary/aromatic N) is 2. The molecule has 1 aliphatic rings. The molecule has 0 aromatic heterocycles. The molecule has 0 aromatic rings. The molecule has 1 N–H and O–H groups in total. The highest BCUT2D eigenvalue weighted by Gasteiger charge is 2.23. The zero-order chi connectivity index (χ0) is 13.5. The molecule has 18 heavy (non-hydrogen) atoms. The third-order valence-electron chi connectivity index (χ3n) is 3.04. The topological polar surface area (TPSA) is 70.1 Å². The van der Waals surface area contributed by atoms with Crippen molar-refractivity contribution in [3.8, 4) is 0 Å². The van der Waals surface area contributed by atoms with Crippen LogP contribution in [0.5, 0.6) is 0 Å². The fraction of sp³-hybridized carbons (Fsp3) is 0.833. The minimum Gasteiger partial charge on any atom is -0.480 e. The first-order valence-electron chi connectivity index (χ1n) is 6.21. The quantitative estimate of drug-likeness (QED) is 0.719. The van der Waals surface area contributed by atoms with Crippen molar-refractivity contribution in [2.45, 2.75) is 12.8 Å². The van der Waals surface area contributed by atoms with Crippen molar-refractivity contribution < 1.29 is 19.4 Å². The van der Waals surface area contributed by atoms with Gasteiger partial charge in [-0.2, -0.15) is 0 Å². The van der Waals surface area contributed by atoms with Gasteiger partial charge in [0, 0.05) is 19.6 Å². The Morgan fingerprint density at radius 1 is 1.28 bits per heavy atom. The number of carboxylic acids is 1. The molecule has 0 bridgehead atoms. The van der Waals surface area contributed by atoms with Gasteiger partial charge < -0.3 is 19.6 Å². The van der Waals surface area contributed by atoms with Gasteiger partial charge in [0.05, 0.1) is 0 Å². The zero-order valence-corrected chi connectivity index (χ0v) is 11.1. The van der Waals surface area contributed by atoms with Crippen molar-refractivity contribution in [1.29, 1.82) is 0 Å². The molecule has 104 valence electrons. The molecule has 0 aliphatic carbocycles. The lowest BCUT2D eigenvalue weighted by atomic mass is 9.96. The Morgan fingerprint density at radius 3 is 2.39 bits per heavy atom. The van der Waals surface area contributed by atoms with Crippen LogP contribution in [0.25, 0.3) is 0 Å². The summed E-state index contributed by atoms with van der Waals surface area (Å²) in [6.07, 6.45) is 2.01. The normalized spacial score (nSPS) is 17.2. The molecule has 1 fully saturated rings. The Kier molecular flexibility index (Phi) is 6.07. The molecule has 1 rings (SSSR count). The van der Waals surface area contributed by atoms with Crippen molar-refractivity contribution in [2.24, 2.45) is 5.92 Å². The van der Waals surface area contributed by atoms with Crippen LogP contribution in [-0.2, 0) is 14.3 Å². The summed E-state index contributed by atoms with van der Waals surface area (Å²) in [5, 5.41) is 8.40. The minimum atomic E-state index is -1.05. The molecule has 1 heterocycles. The number of aliphatic carboxylic acids is 1. The first kappa shape index (κ1) is 14.9. The van der Waals surface area contributed by atoms with Gasteiger partial charge in [-0.1, -0.05) is 0 Å². The highest BCUT2D eigenvalue weighted by Crippen LogP contribution is 2.17. The smallest absolute Gasteiger partial charge is 0.329 e. The van der Waals surface area contributed by atoms with E-state index >= 15 is 0 Å². The molecule has 0 saturated carbocycles. The van der Waals surface area contributed by atoms with Crippen LogP contribution in [0, 0.1) is 5.92 Å². The van der Waals surface area contributed by atoms with Crippen LogP contribution >= 0.6 is 0 Å². The Morgan fingerprint density at radius 2 is 1.89 bits per heavy atom. The summed E-state index contributed by atoms with van der Waals surface area (Å²) in [7, 11) is 4.11. The second-order valence-corrected chi connectivity index (χ2v) is 4.97. The van der Waals surface area contributed by atoms with E-state index in [1.807, 2.05) is 0 Å². The van der Waals surface area contributed by atoms with Crippen molar-refractivity contribution in [3.05, 3.63) is 0 Å². The monoisotopic (exact) mass is 258 g/mol. The molecule has 0 aromatic carbocycles. The molecular weight excluding hydrogens is 236 g/mol. The molecule has 0 atom stereocenters. The lowest BCUT2D eigenvalue weighted by Gasteiger charge is -2.33. The van der Waals surface area contributed by atoms with E-state index in [0.717, 1.165) is 32.5 Å². The largest absolute Gasteiger partial charge is 0.480 e. The van der Waals surface area contributed by atoms with Crippen LogP contribution in [0.1, 0.15) is 12.8 Å². The molecular formula is C12H22N2O4. The van der Waals surface area contributed by atoms with Crippen LogP contribution in [0.2, 0.25) is 0 Å². The van der Waals surface area contributed by atoms with Crippen molar-refractivity contribution in [1.82, 2.24) is 9.80 Å². The van der Waals surface area contributed by atoms with Gasteiger partial charge in [-0.25, -0.2) is 4.79 Å². The SMILES string of the molecule is CN(C)CC1CCN(C(=O)COCC(=O)O)CC1. The Hall–Kier alpha value is -1.14. The predicted molar refractivity (Wildman–Crippen MR) is 66.3 cm³/mol. The summed E-state index contributed by atoms with van der Waals surface area (Å²) in [4.78, 5) is 25.9. The van der Waals surface area contributed by atoms with E-state index in [1.165, 1.54) is 0 Å². The van der Waals surface area contributed by atoms with Crippen LogP contribution < -0.4 is 0 Å². The number of rotatable bonds is 6. The summed E-state index contributed by atoms with van der Waals surface area (Å²) in [5.74, 6) is -0.518. The summed E-state index contributed by atoms with van der Waals surface area (Å²) >= 11 is 0. The van der Waals surface area contributed by atoms with Gasteiger partial charge in [0.25, 0.3) is 0 Å². The number of ether oxygens (including phenoxy) is 1. The molecule has 1 saturated heterocycles. The number of likely N-dealkylation sites (tertiary alicyclic amines) is 1. The first-order valence-corrected chi connectivity index (χ1v) is 6.21. The van der Waals surface area contributed by atoms with Crippen molar-refractivity contribution in [2.75, 3.05) is 46.9 Å². The third kappa shape index (κ3) is 5.46. The second-order valence-electron chi connectivity index (χ2n) is 4.97. The standard InChI is InChI=1S/C12H22N2O4/c1-13(2)7-10-3-5-14(6-4-10)11(15)8-18-9-12(16)17/h10H,3-9H2,1-2H3,(H,16,17). The van der Waals surface area contributed by atoms with E-state index in [2.05, 4.69) is 19.0 Å². The fourth-order valence-corrected chi connectivity index (χ4v) is 2.20. The minimum absolute atomic E-state index is 0.112. The second kappa shape index (κ2) is 7.33. The highest BCUT2D eigenvalue weighted by molar-refractivity contribution is 5.78. The first-order chi connectivity index (χ1) is 8.49. The summed E-state index contributed by atoms with van der Waals surface area (Å²) in [5.41, 5.74) is 0. The lowest BCUT2D eigenvalue weighted by Crippen LogP contribution is -2.42. The predicted octanol–water partition coefficient (Wildman–Crippen LogP) is -0.112. The maximum atomic E-state index is 11.7. The number of carbonyl (C=O) groups is 2. The number of piperidine rings is 1. The van der Waals surface area contributed by atoms with Crippen molar-refractivity contribution in [3.63, 3.8) is 0 Å². The molecule has 1 aliphatic heterocycles. The van der Waals surface area contributed by atoms with Crippen LogP contribution in [0.4, 0.5) is 0 Å². The van der Waals surface area contributed by atoms with E-state index in [4.69, 9.17) is 9.84 Å². The average Bonchev–Trinajstić information content (AvgIpc) is 2.28. The summed E-state index contributed by atoms with van der Waals surface area (Å²) in [6, 6.07) is 0. The Bertz CT molecular complexity index is 286. The Balaban J connectivity index is 2.21. The number of hydrogen-bond acceptors (Lipinski definition) is 4. The zero-order valence-electron chi connectivity index (χ0n) is 11.1. The van der Waals surface area contributed by atoms with Gasteiger partial charge in [-0.05, 0) is 32.9 Å². The van der Waals surface area contributed by atoms with Gasteiger partial charge in [0.15, 0.2) is 0 Å². The molecule has 6 nitrogen and oxygen atoms in total. The molecule has 0 spiro atoms. The van der Waals surface area contributed by atoms with Crippen LogP contribution in [0.3, 0.4) is 0 Å². The van der Waals surface area contributed by atoms with E-state index in [0.29, 0.717) is 5.92 Å². The Labute approximate surface area is 107 Å². The molecule has 6 heteroatoms. The maximum Gasteiger partial charge on any atom is 0.329 e. The van der Waals surface area contributed by atoms with Gasteiger partial charge in [0.1, 0.15) is 13.2 Å². The fourth-order valence-electron chi connectivity index (χ4n) is 2.20. The van der Waals surface area contributed by atoms with Gasteiger partial charge in [-0.15, -0.1) is 0 Å². The van der Waals surface area contributed by atoms with Crippen molar-refractivity contribution >= 4 is 11.9 Å². The number of carboxylic acid groups (broad SMARTS) is 1. The van der Waals surface area contributed by atoms with E-state index < -0.39 is 12.6 Å². The van der Waals surface area contributed by atoms with E-state index in [1.54, 1.807) is 4.90 Å². The number of hydrogen-bond donors (Lipinski definition) is 1. The number of amides is 1. The summed E-state index contributed by atoms with van der Waals surface area (Å²) < 4.78 is 4.80. The molecule has 0 unspecified atom stereocenters. The summed E-state index contributed by atoms with van der Waals surface area (Å²) in [6.45, 7) is 1.99. The maximum absolute atomic E-state index is 11.7. The third-order valence-corrected chi connectivity index (χ3v) is 3.04. The van der Waals surface area contributed by atoms with E-state index in [-0.39, 0.29) is 12.5 Å². The lowest BCUT2D eigenvalue weighted by molar-refractivity contribution is -0.146. The highest BCUT2D eigenvalue weighted by atomic mass is 16.5. The van der Waals surface area contributed by atoms with Gasteiger partial charge in [-0.3, -0.25) is 4.79 Å². The van der Waals surface area contributed by atoms with Gasteiger partial charge >= 0.3 is 5.97 Å². The number of carbonyl (C=O) groups excluding carboxylic acids is 1. The van der Waals surface area contributed by atoms with Crippen LogP contribution in [0.15, 0.2) is 0 Å². The average molecular weight is 258 g/mol. The van der Waals surface area contributed by atoms with Gasteiger partial charge in [0.2, 0.25) is 5.91 Å². The van der Waals surface area contributed by atoms with Crippen LogP contribution in [-0.4, -0.2) is 73.7 Å². The van der Waals surface area contributed by atoms with E-state index in [9.17, 15) is 9.59 Å².